The summed E-state index contributed by atoms with van der Waals surface area (Å²) in [5, 5.41) is 0. The maximum Gasteiger partial charge on any atom is 0.185 e. The Bertz CT molecular complexity index is 780. The molecular weight excluding hydrogens is 333 g/mol. The molecule has 0 aliphatic carbocycles. The Hall–Kier alpha value is -2.50. The smallest absolute Gasteiger partial charge is 0.185 e. The molecule has 0 saturated carbocycles. The van der Waals surface area contributed by atoms with Crippen LogP contribution in [-0.4, -0.2) is 44.1 Å². The van der Waals surface area contributed by atoms with Crippen LogP contribution in [0.5, 0.6) is 5.75 Å². The largest absolute Gasteiger partial charge is 0.496 e. The summed E-state index contributed by atoms with van der Waals surface area (Å²) in [7, 11) is 1.63. The third-order valence-corrected chi connectivity index (χ3v) is 4.36. The third-order valence-electron chi connectivity index (χ3n) is 4.36. The highest BCUT2D eigenvalue weighted by Gasteiger charge is 2.15. The second-order valence-corrected chi connectivity index (χ2v) is 6.16. The Labute approximate surface area is 152 Å². The van der Waals surface area contributed by atoms with E-state index >= 15 is 0 Å². The second kappa shape index (κ2) is 8.74. The number of nitrogens with zero attached hydrogens (tertiary/aromatic N) is 1. The van der Waals surface area contributed by atoms with E-state index in [-0.39, 0.29) is 11.6 Å². The summed E-state index contributed by atoms with van der Waals surface area (Å²) >= 11 is 0. The van der Waals surface area contributed by atoms with Crippen LogP contribution >= 0.6 is 0 Å². The van der Waals surface area contributed by atoms with Gasteiger partial charge in [0.25, 0.3) is 0 Å². The van der Waals surface area contributed by atoms with E-state index in [1.54, 1.807) is 31.4 Å². The molecule has 0 amide bonds. The summed E-state index contributed by atoms with van der Waals surface area (Å²) in [6.45, 7) is 3.90. The molecule has 1 heterocycles. The molecular formula is C21H22FNO3. The van der Waals surface area contributed by atoms with Crippen LogP contribution in [0.25, 0.3) is 6.08 Å². The van der Waals surface area contributed by atoms with Gasteiger partial charge in [-0.05, 0) is 42.0 Å². The minimum atomic E-state index is -0.295. The van der Waals surface area contributed by atoms with Gasteiger partial charge in [0.15, 0.2) is 5.78 Å². The Kier molecular flexibility index (Phi) is 6.15. The molecule has 2 aromatic carbocycles. The maximum absolute atomic E-state index is 12.9. The quantitative estimate of drug-likeness (QED) is 0.587. The minimum absolute atomic E-state index is 0.0970. The molecule has 2 aromatic rings. The fourth-order valence-corrected chi connectivity index (χ4v) is 2.90. The first-order valence-corrected chi connectivity index (χ1v) is 8.61. The number of ether oxygens (including phenoxy) is 2. The summed E-state index contributed by atoms with van der Waals surface area (Å²) in [5.74, 6) is 0.382. The normalized spacial score (nSPS) is 15.3. The van der Waals surface area contributed by atoms with Crippen molar-refractivity contribution in [3.63, 3.8) is 0 Å². The number of rotatable bonds is 6. The van der Waals surface area contributed by atoms with Gasteiger partial charge in [-0.25, -0.2) is 4.39 Å². The van der Waals surface area contributed by atoms with Crippen LogP contribution in [0, 0.1) is 5.82 Å². The average Bonchev–Trinajstić information content (AvgIpc) is 2.68. The number of allylic oxidation sites excluding steroid dienone is 1. The summed E-state index contributed by atoms with van der Waals surface area (Å²) in [5.41, 5.74) is 2.37. The van der Waals surface area contributed by atoms with E-state index in [1.807, 2.05) is 12.1 Å². The summed E-state index contributed by atoms with van der Waals surface area (Å²) in [6.07, 6.45) is 3.20. The van der Waals surface area contributed by atoms with Gasteiger partial charge in [0.05, 0.1) is 20.3 Å². The van der Waals surface area contributed by atoms with Crippen molar-refractivity contribution >= 4 is 11.9 Å². The van der Waals surface area contributed by atoms with Crippen molar-refractivity contribution in [1.29, 1.82) is 0 Å². The molecule has 5 heteroatoms. The number of carbonyl (C=O) groups is 1. The Morgan fingerprint density at radius 2 is 1.92 bits per heavy atom. The zero-order valence-corrected chi connectivity index (χ0v) is 14.8. The fourth-order valence-electron chi connectivity index (χ4n) is 2.90. The zero-order valence-electron chi connectivity index (χ0n) is 14.8. The number of hydrogen-bond donors (Lipinski definition) is 0. The van der Waals surface area contributed by atoms with Crippen LogP contribution in [-0.2, 0) is 11.3 Å². The monoisotopic (exact) mass is 355 g/mol. The molecule has 0 atom stereocenters. The average molecular weight is 355 g/mol. The summed E-state index contributed by atoms with van der Waals surface area (Å²) in [6, 6.07) is 11.5. The van der Waals surface area contributed by atoms with Gasteiger partial charge in [-0.2, -0.15) is 0 Å². The third kappa shape index (κ3) is 4.77. The van der Waals surface area contributed by atoms with E-state index in [4.69, 9.17) is 9.47 Å². The lowest BCUT2D eigenvalue weighted by Gasteiger charge is -2.27. The maximum atomic E-state index is 12.9. The van der Waals surface area contributed by atoms with Gasteiger partial charge in [0, 0.05) is 30.8 Å². The van der Waals surface area contributed by atoms with Crippen molar-refractivity contribution in [2.75, 3.05) is 33.4 Å². The zero-order chi connectivity index (χ0) is 18.4. The predicted octanol–water partition coefficient (Wildman–Crippen LogP) is 3.56. The molecule has 4 nitrogen and oxygen atoms in total. The molecule has 3 rings (SSSR count). The van der Waals surface area contributed by atoms with Crippen molar-refractivity contribution in [2.45, 2.75) is 6.54 Å². The number of halogens is 1. The molecule has 1 fully saturated rings. The standard InChI is InChI=1S/C21H22FNO3/c1-25-21-9-5-17(14-18(21)15-23-10-12-26-13-11-23)20(24)8-4-16-2-6-19(22)7-3-16/h2-9,14H,10-13,15H2,1H3/b8-4+. The van der Waals surface area contributed by atoms with Crippen LogP contribution in [0.3, 0.4) is 0 Å². The minimum Gasteiger partial charge on any atom is -0.496 e. The van der Waals surface area contributed by atoms with E-state index in [0.717, 1.165) is 49.7 Å². The number of benzene rings is 2. The SMILES string of the molecule is COc1ccc(C(=O)/C=C/c2ccc(F)cc2)cc1CN1CCOCC1. The summed E-state index contributed by atoms with van der Waals surface area (Å²) < 4.78 is 23.8. The second-order valence-electron chi connectivity index (χ2n) is 6.16. The van der Waals surface area contributed by atoms with Crippen molar-refractivity contribution in [3.8, 4) is 5.75 Å². The molecule has 1 saturated heterocycles. The number of hydrogen-bond acceptors (Lipinski definition) is 4. The van der Waals surface area contributed by atoms with Crippen LogP contribution in [0.1, 0.15) is 21.5 Å². The molecule has 136 valence electrons. The molecule has 0 N–H and O–H groups in total. The van der Waals surface area contributed by atoms with Crippen LogP contribution < -0.4 is 4.74 Å². The van der Waals surface area contributed by atoms with Gasteiger partial charge in [-0.3, -0.25) is 9.69 Å². The first-order chi connectivity index (χ1) is 12.7. The Balaban J connectivity index is 1.75. The van der Waals surface area contributed by atoms with E-state index in [1.165, 1.54) is 18.2 Å². The molecule has 1 aliphatic rings. The van der Waals surface area contributed by atoms with E-state index in [9.17, 15) is 9.18 Å². The highest BCUT2D eigenvalue weighted by atomic mass is 19.1. The molecule has 0 spiro atoms. The molecule has 26 heavy (non-hydrogen) atoms. The molecule has 1 aliphatic heterocycles. The lowest BCUT2D eigenvalue weighted by Crippen LogP contribution is -2.35. The predicted molar refractivity (Wildman–Crippen MR) is 98.9 cm³/mol. The van der Waals surface area contributed by atoms with E-state index in [2.05, 4.69) is 4.90 Å². The number of carbonyl (C=O) groups excluding carboxylic acids is 1. The topological polar surface area (TPSA) is 38.8 Å². The highest BCUT2D eigenvalue weighted by Crippen LogP contribution is 2.23. The van der Waals surface area contributed by atoms with Crippen molar-refractivity contribution in [2.24, 2.45) is 0 Å². The van der Waals surface area contributed by atoms with Crippen molar-refractivity contribution in [1.82, 2.24) is 4.90 Å². The van der Waals surface area contributed by atoms with Gasteiger partial charge in [-0.1, -0.05) is 18.2 Å². The van der Waals surface area contributed by atoms with E-state index < -0.39 is 0 Å². The van der Waals surface area contributed by atoms with Gasteiger partial charge >= 0.3 is 0 Å². The molecule has 0 aromatic heterocycles. The summed E-state index contributed by atoms with van der Waals surface area (Å²) in [4.78, 5) is 14.8. The van der Waals surface area contributed by atoms with Gasteiger partial charge < -0.3 is 9.47 Å². The fraction of sp³-hybridized carbons (Fsp3) is 0.286. The van der Waals surface area contributed by atoms with Crippen molar-refractivity contribution in [3.05, 3.63) is 71.0 Å². The first-order valence-electron chi connectivity index (χ1n) is 8.61. The van der Waals surface area contributed by atoms with Gasteiger partial charge in [0.1, 0.15) is 11.6 Å². The number of ketones is 1. The Morgan fingerprint density at radius 1 is 1.19 bits per heavy atom. The van der Waals surface area contributed by atoms with Crippen LogP contribution in [0.4, 0.5) is 4.39 Å². The van der Waals surface area contributed by atoms with Crippen molar-refractivity contribution < 1.29 is 18.7 Å². The lowest BCUT2D eigenvalue weighted by molar-refractivity contribution is 0.0338. The van der Waals surface area contributed by atoms with Crippen LogP contribution in [0.15, 0.2) is 48.5 Å². The highest BCUT2D eigenvalue weighted by molar-refractivity contribution is 6.07. The van der Waals surface area contributed by atoms with Gasteiger partial charge in [0.2, 0.25) is 0 Å². The molecule has 0 radical (unpaired) electrons. The van der Waals surface area contributed by atoms with E-state index in [0.29, 0.717) is 5.56 Å². The molecule has 0 bridgehead atoms. The Morgan fingerprint density at radius 3 is 2.62 bits per heavy atom. The number of morpholine rings is 1. The number of methoxy groups -OCH3 is 1. The lowest BCUT2D eigenvalue weighted by atomic mass is 10.0. The van der Waals surface area contributed by atoms with Gasteiger partial charge in [-0.15, -0.1) is 0 Å². The molecule has 0 unspecified atom stereocenters. The first kappa shape index (κ1) is 18.3. The van der Waals surface area contributed by atoms with Crippen LogP contribution in [0.2, 0.25) is 0 Å².